The average molecular weight is 939 g/mol. The van der Waals surface area contributed by atoms with Gasteiger partial charge in [-0.25, -0.2) is 0 Å². The molecule has 0 aromatic heterocycles. The number of hydrogen-bond acceptors (Lipinski definition) is 12. The van der Waals surface area contributed by atoms with Gasteiger partial charge in [-0.1, -0.05) is 173 Å². The molecule has 2 heterocycles. The van der Waals surface area contributed by atoms with Gasteiger partial charge in [0.1, 0.15) is 18.8 Å². The van der Waals surface area contributed by atoms with Crippen LogP contribution in [-0.4, -0.2) is 114 Å². The summed E-state index contributed by atoms with van der Waals surface area (Å²) in [7, 11) is -5.84. The van der Waals surface area contributed by atoms with Crippen LogP contribution >= 0.6 is 0 Å². The lowest BCUT2D eigenvalue weighted by Gasteiger charge is -2.45. The van der Waals surface area contributed by atoms with Crippen molar-refractivity contribution in [2.45, 2.75) is 114 Å². The maximum atomic E-state index is 11.8. The smallest absolute Gasteiger partial charge is 0.303 e. The molecule has 352 valence electrons. The second kappa shape index (κ2) is 22.9. The molecule has 2 saturated heterocycles. The van der Waals surface area contributed by atoms with Gasteiger partial charge < -0.3 is 38.0 Å². The fourth-order valence-electron chi connectivity index (χ4n) is 9.05. The third-order valence-corrected chi connectivity index (χ3v) is 22.0. The molecule has 2 fully saturated rings. The molecule has 4 aromatic carbocycles. The topological polar surface area (TPSA) is 227 Å². The summed E-state index contributed by atoms with van der Waals surface area (Å²) in [5.41, 5.74) is 18.5. The number of aliphatic hydroxyl groups excluding tert-OH is 2. The standard InChI is InChI=1S/C26H33N3O6Si.C22H29N3O4Si/c1-18(30)32-17-23(34-19(2)31)25-24(28-29-27)22(16-33-25)35-36(26(3,4)5,20-12-8-6-9-13-20)21-14-10-7-11-15-21;1-22(2,3)30(16-10-6-4-7-11-16,17-12-8-5-9-13-17)29-19-15-28-21(18(27)14-26)20(19)24-25-23/h6-15,22-25H,16-17H2,1-5H3;4-13,18-21,26-27H,14-15H2,1-3H3/t22-,23-,24+,25+;18-,19-,20+,21+/m00/s1. The number of carbonyl (C=O) groups excluding carboxylic acids is 2. The van der Waals surface area contributed by atoms with Crippen molar-refractivity contribution in [2.75, 3.05) is 26.4 Å². The van der Waals surface area contributed by atoms with E-state index in [1.807, 2.05) is 72.8 Å². The summed E-state index contributed by atoms with van der Waals surface area (Å²) in [4.78, 5) is 29.2. The van der Waals surface area contributed by atoms with Crippen LogP contribution < -0.4 is 20.7 Å². The Bertz CT molecular complexity index is 2200. The molecule has 2 N–H and O–H groups in total. The van der Waals surface area contributed by atoms with Crippen molar-refractivity contribution in [3.63, 3.8) is 0 Å². The van der Waals surface area contributed by atoms with Crippen molar-refractivity contribution in [2.24, 2.45) is 10.2 Å². The third kappa shape index (κ3) is 11.6. The highest BCUT2D eigenvalue weighted by atomic mass is 28.4. The summed E-state index contributed by atoms with van der Waals surface area (Å²) in [5, 5.41) is 31.3. The molecule has 4 aromatic rings. The number of aliphatic hydroxyl groups is 2. The second-order valence-corrected chi connectivity index (χ2v) is 26.8. The first-order valence-electron chi connectivity index (χ1n) is 21.9. The van der Waals surface area contributed by atoms with E-state index in [2.05, 4.69) is 110 Å². The molecule has 0 bridgehead atoms. The minimum atomic E-state index is -2.97. The highest BCUT2D eigenvalue weighted by Gasteiger charge is 2.56. The highest BCUT2D eigenvalue weighted by molar-refractivity contribution is 7.00. The maximum Gasteiger partial charge on any atom is 0.303 e. The van der Waals surface area contributed by atoms with E-state index in [0.717, 1.165) is 20.7 Å². The van der Waals surface area contributed by atoms with Gasteiger partial charge in [-0.15, -0.1) is 0 Å². The van der Waals surface area contributed by atoms with Crippen molar-refractivity contribution in [1.29, 1.82) is 0 Å². The van der Waals surface area contributed by atoms with Crippen LogP contribution in [0.1, 0.15) is 55.4 Å². The molecule has 6 rings (SSSR count). The van der Waals surface area contributed by atoms with E-state index in [1.54, 1.807) is 0 Å². The zero-order valence-corrected chi connectivity index (χ0v) is 40.8. The number of rotatable bonds is 16. The number of carbonyl (C=O) groups is 2. The summed E-state index contributed by atoms with van der Waals surface area (Å²) >= 11 is 0. The lowest BCUT2D eigenvalue weighted by molar-refractivity contribution is -0.164. The molecule has 0 amide bonds. The van der Waals surface area contributed by atoms with Crippen molar-refractivity contribution in [3.8, 4) is 0 Å². The molecule has 16 nitrogen and oxygen atoms in total. The molecule has 66 heavy (non-hydrogen) atoms. The Hall–Kier alpha value is -5.37. The van der Waals surface area contributed by atoms with Crippen LogP contribution in [0, 0.1) is 0 Å². The molecule has 0 unspecified atom stereocenters. The van der Waals surface area contributed by atoms with Crippen molar-refractivity contribution in [3.05, 3.63) is 142 Å². The number of benzene rings is 4. The first kappa shape index (κ1) is 51.6. The van der Waals surface area contributed by atoms with E-state index in [0.29, 0.717) is 0 Å². The Balaban J connectivity index is 0.000000251. The minimum Gasteiger partial charge on any atom is -0.462 e. The number of azide groups is 2. The largest absolute Gasteiger partial charge is 0.462 e. The average Bonchev–Trinajstić information content (AvgIpc) is 3.89. The molecule has 8 atom stereocenters. The third-order valence-electron chi connectivity index (χ3n) is 11.9. The van der Waals surface area contributed by atoms with Gasteiger partial charge in [0.05, 0.1) is 50.2 Å². The van der Waals surface area contributed by atoms with Crippen LogP contribution in [0.3, 0.4) is 0 Å². The van der Waals surface area contributed by atoms with E-state index < -0.39 is 83.9 Å². The van der Waals surface area contributed by atoms with E-state index >= 15 is 0 Å². The van der Waals surface area contributed by atoms with Gasteiger partial charge >= 0.3 is 11.9 Å². The van der Waals surface area contributed by atoms with Crippen molar-refractivity contribution in [1.82, 2.24) is 0 Å². The lowest BCUT2D eigenvalue weighted by Crippen LogP contribution is -2.68. The fraction of sp³-hybridized carbons (Fsp3) is 0.458. The second-order valence-electron chi connectivity index (χ2n) is 18.3. The van der Waals surface area contributed by atoms with Crippen LogP contribution in [0.2, 0.25) is 10.1 Å². The Morgan fingerprint density at radius 2 is 1.00 bits per heavy atom. The van der Waals surface area contributed by atoms with Gasteiger partial charge in [-0.3, -0.25) is 9.59 Å². The summed E-state index contributed by atoms with van der Waals surface area (Å²) < 4.78 is 36.4. The first-order valence-corrected chi connectivity index (χ1v) is 25.8. The molecule has 0 spiro atoms. The predicted octanol–water partition coefficient (Wildman–Crippen LogP) is 5.87. The van der Waals surface area contributed by atoms with Gasteiger partial charge in [0.2, 0.25) is 0 Å². The Kier molecular flexibility index (Phi) is 17.9. The van der Waals surface area contributed by atoms with Crippen LogP contribution in [0.15, 0.2) is 132 Å². The zero-order chi connectivity index (χ0) is 48.1. The minimum absolute atomic E-state index is 0.122. The van der Waals surface area contributed by atoms with Gasteiger partial charge in [0.25, 0.3) is 16.6 Å². The predicted molar refractivity (Wildman–Crippen MR) is 256 cm³/mol. The van der Waals surface area contributed by atoms with Crippen LogP contribution in [0.5, 0.6) is 0 Å². The summed E-state index contributed by atoms with van der Waals surface area (Å²) in [6.45, 7) is 15.1. The number of esters is 2. The molecule has 0 radical (unpaired) electrons. The number of nitrogens with zero attached hydrogens (tertiary/aromatic N) is 6. The highest BCUT2D eigenvalue weighted by Crippen LogP contribution is 2.41. The monoisotopic (exact) mass is 938 g/mol. The molecule has 2 aliphatic heterocycles. The van der Waals surface area contributed by atoms with Gasteiger partial charge in [-0.05, 0) is 41.9 Å². The summed E-state index contributed by atoms with van der Waals surface area (Å²) in [5.74, 6) is -1.09. The fourth-order valence-corrected chi connectivity index (χ4v) is 18.4. The molecular formula is C48H62N6O10Si2. The Morgan fingerprint density at radius 1 is 0.652 bits per heavy atom. The zero-order valence-electron chi connectivity index (χ0n) is 38.8. The molecule has 18 heteroatoms. The maximum absolute atomic E-state index is 11.8. The van der Waals surface area contributed by atoms with Crippen molar-refractivity contribution >= 4 is 49.3 Å². The van der Waals surface area contributed by atoms with Crippen LogP contribution in [-0.2, 0) is 37.4 Å². The van der Waals surface area contributed by atoms with E-state index in [1.165, 1.54) is 13.8 Å². The quantitative estimate of drug-likeness (QED) is 0.0447. The lowest BCUT2D eigenvalue weighted by atomic mass is 10.0. The Labute approximate surface area is 388 Å². The van der Waals surface area contributed by atoms with Crippen molar-refractivity contribution < 1.29 is 47.6 Å². The molecule has 2 aliphatic rings. The SMILES string of the molecule is CC(=O)OC[C@H](OC(C)=O)[C@H]1OC[C@H](O[Si](c2ccccc2)(c2ccccc2)C(C)(C)C)[C@H]1N=[N+]=[N-].CC(C)(C)[Si](O[C@H]1CO[C@H]([C@@H](O)CO)[C@@H]1N=[N+]=[N-])(c1ccccc1)c1ccccc1. The van der Waals surface area contributed by atoms with E-state index in [-0.39, 0.29) is 29.9 Å². The normalized spacial score (nSPS) is 21.8. The van der Waals surface area contributed by atoms with Crippen LogP contribution in [0.25, 0.3) is 20.9 Å². The van der Waals surface area contributed by atoms with E-state index in [4.69, 9.17) is 33.3 Å². The van der Waals surface area contributed by atoms with Gasteiger partial charge in [0, 0.05) is 23.7 Å². The summed E-state index contributed by atoms with van der Waals surface area (Å²) in [6.07, 6.45) is -4.91. The Morgan fingerprint density at radius 3 is 1.30 bits per heavy atom. The first-order chi connectivity index (χ1) is 31.4. The van der Waals surface area contributed by atoms with Gasteiger partial charge in [-0.2, -0.15) is 0 Å². The van der Waals surface area contributed by atoms with E-state index in [9.17, 15) is 25.3 Å². The molecular weight excluding hydrogens is 877 g/mol. The van der Waals surface area contributed by atoms with Gasteiger partial charge in [0.15, 0.2) is 6.10 Å². The number of ether oxygens (including phenoxy) is 4. The summed E-state index contributed by atoms with van der Waals surface area (Å²) in [6, 6.07) is 38.9. The molecule has 0 saturated carbocycles. The molecule has 0 aliphatic carbocycles. The van der Waals surface area contributed by atoms with Crippen LogP contribution in [0.4, 0.5) is 0 Å². The number of hydrogen-bond donors (Lipinski definition) is 2.